The molecule has 1 amide bonds. The van der Waals surface area contributed by atoms with E-state index in [1.807, 2.05) is 6.07 Å². The Bertz CT molecular complexity index is 877. The average molecular weight is 391 g/mol. The zero-order valence-corrected chi connectivity index (χ0v) is 15.6. The predicted octanol–water partition coefficient (Wildman–Crippen LogP) is 4.29. The van der Waals surface area contributed by atoms with Gasteiger partial charge in [-0.05, 0) is 49.7 Å². The lowest BCUT2D eigenvalue weighted by atomic mass is 10.1. The third-order valence-corrected chi connectivity index (χ3v) is 4.23. The molecule has 2 aromatic rings. The van der Waals surface area contributed by atoms with Crippen molar-refractivity contribution in [2.24, 2.45) is 0 Å². The van der Waals surface area contributed by atoms with Gasteiger partial charge in [0, 0.05) is 10.0 Å². The van der Waals surface area contributed by atoms with Crippen molar-refractivity contribution in [3.63, 3.8) is 0 Å². The molecule has 134 valence electrons. The Labute approximate surface area is 161 Å². The molecule has 0 spiro atoms. The number of benzene rings is 2. The highest BCUT2D eigenvalue weighted by Crippen LogP contribution is 2.26. The van der Waals surface area contributed by atoms with E-state index in [2.05, 4.69) is 5.32 Å². The maximum atomic E-state index is 12.3. The van der Waals surface area contributed by atoms with E-state index < -0.39 is 24.0 Å². The van der Waals surface area contributed by atoms with Gasteiger partial charge in [0.1, 0.15) is 0 Å². The molecule has 2 rings (SSSR count). The number of nitrogens with zero attached hydrogens (tertiary/aromatic N) is 1. The number of nitrogens with one attached hydrogen (secondary N) is 1. The van der Waals surface area contributed by atoms with E-state index in [1.165, 1.54) is 19.1 Å². The van der Waals surface area contributed by atoms with Gasteiger partial charge in [0.25, 0.3) is 5.91 Å². The van der Waals surface area contributed by atoms with Crippen LogP contribution in [-0.2, 0) is 9.53 Å². The maximum Gasteiger partial charge on any atom is 0.338 e. The molecule has 0 saturated heterocycles. The number of amides is 1. The molecular weight excluding hydrogens is 375 g/mol. The number of hydrogen-bond donors (Lipinski definition) is 1. The average Bonchev–Trinajstić information content (AvgIpc) is 2.61. The Morgan fingerprint density at radius 1 is 1.15 bits per heavy atom. The van der Waals surface area contributed by atoms with Crippen LogP contribution in [0.25, 0.3) is 0 Å². The molecule has 7 heteroatoms. The summed E-state index contributed by atoms with van der Waals surface area (Å²) in [6.45, 7) is 3.23. The molecule has 2 atom stereocenters. The van der Waals surface area contributed by atoms with Crippen LogP contribution < -0.4 is 5.32 Å². The molecule has 0 saturated carbocycles. The Morgan fingerprint density at radius 3 is 2.54 bits per heavy atom. The smallest absolute Gasteiger partial charge is 0.338 e. The molecular formula is C19H16Cl2N2O3. The van der Waals surface area contributed by atoms with Gasteiger partial charge in [0.05, 0.1) is 23.2 Å². The molecule has 0 bridgehead atoms. The van der Waals surface area contributed by atoms with Crippen LogP contribution in [0.5, 0.6) is 0 Å². The second-order valence-electron chi connectivity index (χ2n) is 5.64. The van der Waals surface area contributed by atoms with Crippen molar-refractivity contribution in [2.75, 3.05) is 0 Å². The number of carbonyl (C=O) groups excluding carboxylic acids is 2. The first-order chi connectivity index (χ1) is 12.3. The number of rotatable bonds is 5. The molecule has 0 unspecified atom stereocenters. The molecule has 5 nitrogen and oxygen atoms in total. The zero-order chi connectivity index (χ0) is 19.3. The van der Waals surface area contributed by atoms with Gasteiger partial charge >= 0.3 is 5.97 Å². The van der Waals surface area contributed by atoms with Crippen LogP contribution in [-0.4, -0.2) is 18.0 Å². The number of halogens is 2. The number of carbonyl (C=O) groups is 2. The highest BCUT2D eigenvalue weighted by atomic mass is 35.5. The first kappa shape index (κ1) is 19.8. The summed E-state index contributed by atoms with van der Waals surface area (Å²) in [5.74, 6) is -1.14. The maximum absolute atomic E-state index is 12.3. The van der Waals surface area contributed by atoms with Gasteiger partial charge in [-0.25, -0.2) is 4.79 Å². The van der Waals surface area contributed by atoms with Crippen molar-refractivity contribution >= 4 is 35.1 Å². The Balaban J connectivity index is 2.00. The largest absolute Gasteiger partial charge is 0.449 e. The summed E-state index contributed by atoms with van der Waals surface area (Å²) in [6, 6.07) is 12.6. The molecule has 26 heavy (non-hydrogen) atoms. The van der Waals surface area contributed by atoms with Crippen LogP contribution in [0.3, 0.4) is 0 Å². The van der Waals surface area contributed by atoms with Crippen LogP contribution in [0.4, 0.5) is 0 Å². The SMILES string of the molecule is C[C@@H](OC(=O)c1cccc(C#N)c1)C(=O)N[C@H](C)c1ccc(Cl)cc1Cl. The monoisotopic (exact) mass is 390 g/mol. The standard InChI is InChI=1S/C19H16Cl2N2O3/c1-11(16-7-6-15(20)9-17(16)21)23-18(24)12(2)26-19(25)14-5-3-4-13(8-14)10-22/h3-9,11-12H,1-2H3,(H,23,24)/t11-,12-/m1/s1. The van der Waals surface area contributed by atoms with E-state index in [0.29, 0.717) is 21.2 Å². The van der Waals surface area contributed by atoms with E-state index in [0.717, 1.165) is 0 Å². The van der Waals surface area contributed by atoms with Crippen molar-refractivity contribution in [2.45, 2.75) is 26.0 Å². The summed E-state index contributed by atoms with van der Waals surface area (Å²) < 4.78 is 5.17. The second-order valence-corrected chi connectivity index (χ2v) is 6.48. The van der Waals surface area contributed by atoms with Gasteiger partial charge in [-0.15, -0.1) is 0 Å². The summed E-state index contributed by atoms with van der Waals surface area (Å²) in [5, 5.41) is 12.5. The lowest BCUT2D eigenvalue weighted by molar-refractivity contribution is -0.129. The second kappa shape index (κ2) is 8.70. The summed E-state index contributed by atoms with van der Waals surface area (Å²) >= 11 is 12.0. The highest BCUT2D eigenvalue weighted by molar-refractivity contribution is 6.35. The van der Waals surface area contributed by atoms with Gasteiger partial charge in [-0.3, -0.25) is 4.79 Å². The minimum atomic E-state index is -1.01. The van der Waals surface area contributed by atoms with Gasteiger partial charge in [0.15, 0.2) is 6.10 Å². The lowest BCUT2D eigenvalue weighted by Crippen LogP contribution is -2.37. The van der Waals surface area contributed by atoms with Crippen LogP contribution in [0.1, 0.15) is 41.4 Å². The van der Waals surface area contributed by atoms with Crippen molar-refractivity contribution < 1.29 is 14.3 Å². The minimum absolute atomic E-state index is 0.206. The molecule has 1 N–H and O–H groups in total. The van der Waals surface area contributed by atoms with Gasteiger partial charge in [-0.1, -0.05) is 35.3 Å². The normalized spacial score (nSPS) is 12.6. The first-order valence-electron chi connectivity index (χ1n) is 7.78. The number of esters is 1. The highest BCUT2D eigenvalue weighted by Gasteiger charge is 2.22. The van der Waals surface area contributed by atoms with Crippen molar-refractivity contribution in [3.05, 3.63) is 69.2 Å². The minimum Gasteiger partial charge on any atom is -0.449 e. The fraction of sp³-hybridized carbons (Fsp3) is 0.211. The van der Waals surface area contributed by atoms with Crippen molar-refractivity contribution in [3.8, 4) is 6.07 Å². The quantitative estimate of drug-likeness (QED) is 0.772. The fourth-order valence-electron chi connectivity index (χ4n) is 2.26. The van der Waals surface area contributed by atoms with E-state index in [9.17, 15) is 9.59 Å². The number of nitriles is 1. The zero-order valence-electron chi connectivity index (χ0n) is 14.1. The van der Waals surface area contributed by atoms with Crippen LogP contribution in [0, 0.1) is 11.3 Å². The first-order valence-corrected chi connectivity index (χ1v) is 8.54. The van der Waals surface area contributed by atoms with Gasteiger partial charge in [-0.2, -0.15) is 5.26 Å². The third kappa shape index (κ3) is 4.98. The van der Waals surface area contributed by atoms with Crippen LogP contribution in [0.2, 0.25) is 10.0 Å². The van der Waals surface area contributed by atoms with Gasteiger partial charge in [0.2, 0.25) is 0 Å². The fourth-order valence-corrected chi connectivity index (χ4v) is 2.83. The Hall–Kier alpha value is -2.55. The van der Waals surface area contributed by atoms with E-state index in [-0.39, 0.29) is 5.56 Å². The van der Waals surface area contributed by atoms with Crippen molar-refractivity contribution in [1.29, 1.82) is 5.26 Å². The molecule has 2 aromatic carbocycles. The molecule has 0 aliphatic carbocycles. The van der Waals surface area contributed by atoms with Crippen LogP contribution in [0.15, 0.2) is 42.5 Å². The van der Waals surface area contributed by atoms with Crippen LogP contribution >= 0.6 is 23.2 Å². The van der Waals surface area contributed by atoms with E-state index >= 15 is 0 Å². The summed E-state index contributed by atoms with van der Waals surface area (Å²) in [4.78, 5) is 24.4. The Kier molecular flexibility index (Phi) is 6.62. The van der Waals surface area contributed by atoms with E-state index in [4.69, 9.17) is 33.2 Å². The molecule has 0 heterocycles. The number of ether oxygens (including phenoxy) is 1. The molecule has 0 aliphatic heterocycles. The lowest BCUT2D eigenvalue weighted by Gasteiger charge is -2.19. The van der Waals surface area contributed by atoms with E-state index in [1.54, 1.807) is 37.3 Å². The topological polar surface area (TPSA) is 79.2 Å². The number of hydrogen-bond acceptors (Lipinski definition) is 4. The Morgan fingerprint density at radius 2 is 1.88 bits per heavy atom. The molecule has 0 aliphatic rings. The molecule has 0 aromatic heterocycles. The summed E-state index contributed by atoms with van der Waals surface area (Å²) in [5.41, 5.74) is 1.24. The predicted molar refractivity (Wildman–Crippen MR) is 99.1 cm³/mol. The molecule has 0 fully saturated rings. The molecule has 0 radical (unpaired) electrons. The summed E-state index contributed by atoms with van der Waals surface area (Å²) in [7, 11) is 0. The van der Waals surface area contributed by atoms with Crippen molar-refractivity contribution in [1.82, 2.24) is 5.32 Å². The summed E-state index contributed by atoms with van der Waals surface area (Å²) in [6.07, 6.45) is -1.01. The third-order valence-electron chi connectivity index (χ3n) is 3.67. The van der Waals surface area contributed by atoms with Gasteiger partial charge < -0.3 is 10.1 Å².